The molecule has 0 bridgehead atoms. The molecule has 1 amide bonds. The highest BCUT2D eigenvalue weighted by molar-refractivity contribution is 5.93. The van der Waals surface area contributed by atoms with Crippen LogP contribution in [0.3, 0.4) is 0 Å². The van der Waals surface area contributed by atoms with Crippen molar-refractivity contribution in [3.05, 3.63) is 36.9 Å². The molecule has 0 aliphatic rings. The number of carbonyl (C=O) groups excluding carboxylic acids is 1. The van der Waals surface area contributed by atoms with Gasteiger partial charge in [-0.2, -0.15) is 0 Å². The zero-order valence-corrected chi connectivity index (χ0v) is 13.6. The maximum Gasteiger partial charge on any atom is 0.238 e. The summed E-state index contributed by atoms with van der Waals surface area (Å²) in [5.74, 6) is 0.610. The van der Waals surface area contributed by atoms with E-state index in [-0.39, 0.29) is 5.91 Å². The lowest BCUT2D eigenvalue weighted by Gasteiger charge is -2.11. The molecular formula is C18H28N2O2. The smallest absolute Gasteiger partial charge is 0.238 e. The number of unbranched alkanes of at least 4 members (excludes halogenated alkanes) is 4. The third kappa shape index (κ3) is 7.84. The van der Waals surface area contributed by atoms with Crippen LogP contribution in [0.2, 0.25) is 0 Å². The van der Waals surface area contributed by atoms with Crippen molar-refractivity contribution >= 4 is 11.6 Å². The topological polar surface area (TPSA) is 50.4 Å². The minimum absolute atomic E-state index is 0.0526. The molecule has 0 radical (unpaired) electrons. The number of amides is 1. The first-order valence-corrected chi connectivity index (χ1v) is 8.11. The van der Waals surface area contributed by atoms with E-state index in [1.54, 1.807) is 6.08 Å². The van der Waals surface area contributed by atoms with Gasteiger partial charge in [0.05, 0.1) is 12.2 Å². The third-order valence-electron chi connectivity index (χ3n) is 3.26. The molecule has 0 fully saturated rings. The molecule has 22 heavy (non-hydrogen) atoms. The van der Waals surface area contributed by atoms with Gasteiger partial charge in [0, 0.05) is 0 Å². The van der Waals surface area contributed by atoms with Crippen LogP contribution in [0.15, 0.2) is 36.9 Å². The first kappa shape index (κ1) is 18.2. The summed E-state index contributed by atoms with van der Waals surface area (Å²) in [4.78, 5) is 11.9. The van der Waals surface area contributed by atoms with Gasteiger partial charge >= 0.3 is 0 Å². The van der Waals surface area contributed by atoms with Gasteiger partial charge in [-0.25, -0.2) is 0 Å². The predicted molar refractivity (Wildman–Crippen MR) is 92.4 cm³/mol. The van der Waals surface area contributed by atoms with Gasteiger partial charge in [-0.1, -0.05) is 57.4 Å². The van der Waals surface area contributed by atoms with E-state index in [9.17, 15) is 4.79 Å². The van der Waals surface area contributed by atoms with E-state index in [2.05, 4.69) is 24.1 Å². The zero-order chi connectivity index (χ0) is 16.0. The van der Waals surface area contributed by atoms with E-state index in [1.165, 1.54) is 25.7 Å². The summed E-state index contributed by atoms with van der Waals surface area (Å²) in [7, 11) is 0. The van der Waals surface area contributed by atoms with Gasteiger partial charge in [0.15, 0.2) is 0 Å². The minimum atomic E-state index is -0.0526. The summed E-state index contributed by atoms with van der Waals surface area (Å²) >= 11 is 0. The molecule has 0 saturated carbocycles. The Morgan fingerprint density at radius 1 is 1.23 bits per heavy atom. The summed E-state index contributed by atoms with van der Waals surface area (Å²) < 4.78 is 5.51. The van der Waals surface area contributed by atoms with Crippen LogP contribution in [0.4, 0.5) is 5.69 Å². The number of benzene rings is 1. The maximum atomic E-state index is 11.9. The number of ether oxygens (including phenoxy) is 1. The average molecular weight is 304 g/mol. The van der Waals surface area contributed by atoms with Crippen LogP contribution in [0.1, 0.15) is 39.0 Å². The Kier molecular flexibility index (Phi) is 9.79. The van der Waals surface area contributed by atoms with Gasteiger partial charge in [-0.15, -0.1) is 0 Å². The maximum absolute atomic E-state index is 11.9. The SMILES string of the molecule is C=CCOc1ccccc1NC(=O)CNCCCCCCC. The largest absolute Gasteiger partial charge is 0.487 e. The molecule has 0 atom stereocenters. The molecule has 0 aliphatic carbocycles. The highest BCUT2D eigenvalue weighted by Crippen LogP contribution is 2.23. The summed E-state index contributed by atoms with van der Waals surface area (Å²) in [5, 5.41) is 6.05. The fourth-order valence-corrected chi connectivity index (χ4v) is 2.09. The van der Waals surface area contributed by atoms with Crippen molar-refractivity contribution in [3.63, 3.8) is 0 Å². The molecule has 1 aromatic rings. The Morgan fingerprint density at radius 2 is 2.00 bits per heavy atom. The molecule has 0 aromatic heterocycles. The Balaban J connectivity index is 2.25. The van der Waals surface area contributed by atoms with Gasteiger partial charge in [-0.05, 0) is 25.1 Å². The Hall–Kier alpha value is -1.81. The highest BCUT2D eigenvalue weighted by atomic mass is 16.5. The second kappa shape index (κ2) is 11.8. The molecule has 1 aromatic carbocycles. The predicted octanol–water partition coefficient (Wildman–Crippen LogP) is 3.75. The average Bonchev–Trinajstić information content (AvgIpc) is 2.53. The summed E-state index contributed by atoms with van der Waals surface area (Å²) in [6, 6.07) is 7.42. The molecule has 0 aliphatic heterocycles. The van der Waals surface area contributed by atoms with Crippen molar-refractivity contribution < 1.29 is 9.53 Å². The molecule has 0 saturated heterocycles. The lowest BCUT2D eigenvalue weighted by molar-refractivity contribution is -0.115. The summed E-state index contributed by atoms with van der Waals surface area (Å²) in [6.07, 6.45) is 7.84. The number of anilines is 1. The van der Waals surface area contributed by atoms with E-state index in [4.69, 9.17) is 4.74 Å². The van der Waals surface area contributed by atoms with Crippen LogP contribution in [-0.2, 0) is 4.79 Å². The van der Waals surface area contributed by atoms with Crippen molar-refractivity contribution in [2.24, 2.45) is 0 Å². The van der Waals surface area contributed by atoms with Crippen molar-refractivity contribution in [1.82, 2.24) is 5.32 Å². The molecule has 0 spiro atoms. The van der Waals surface area contributed by atoms with Gasteiger partial charge in [0.1, 0.15) is 12.4 Å². The van der Waals surface area contributed by atoms with Crippen LogP contribution in [0.25, 0.3) is 0 Å². The lowest BCUT2D eigenvalue weighted by atomic mass is 10.1. The number of rotatable bonds is 12. The fourth-order valence-electron chi connectivity index (χ4n) is 2.09. The van der Waals surface area contributed by atoms with Crippen molar-refractivity contribution in [1.29, 1.82) is 0 Å². The van der Waals surface area contributed by atoms with E-state index in [1.807, 2.05) is 24.3 Å². The number of nitrogens with one attached hydrogen (secondary N) is 2. The molecule has 4 heteroatoms. The van der Waals surface area contributed by atoms with Crippen molar-refractivity contribution in [3.8, 4) is 5.75 Å². The molecule has 122 valence electrons. The lowest BCUT2D eigenvalue weighted by Crippen LogP contribution is -2.28. The standard InChI is InChI=1S/C18H28N2O2/c1-3-5-6-7-10-13-19-15-18(21)20-16-11-8-9-12-17(16)22-14-4-2/h4,8-9,11-12,19H,2-3,5-7,10,13-15H2,1H3,(H,20,21). The van der Waals surface area contributed by atoms with E-state index in [0.29, 0.717) is 24.6 Å². The molecule has 1 rings (SSSR count). The van der Waals surface area contributed by atoms with E-state index < -0.39 is 0 Å². The Labute approximate surface area is 133 Å². The highest BCUT2D eigenvalue weighted by Gasteiger charge is 2.06. The number of hydrogen-bond donors (Lipinski definition) is 2. The second-order valence-corrected chi connectivity index (χ2v) is 5.24. The van der Waals surface area contributed by atoms with Gasteiger partial charge < -0.3 is 15.4 Å². The van der Waals surface area contributed by atoms with E-state index >= 15 is 0 Å². The number of hydrogen-bond acceptors (Lipinski definition) is 3. The second-order valence-electron chi connectivity index (χ2n) is 5.24. The van der Waals surface area contributed by atoms with Crippen molar-refractivity contribution in [2.45, 2.75) is 39.0 Å². The third-order valence-corrected chi connectivity index (χ3v) is 3.26. The number of carbonyl (C=O) groups is 1. The van der Waals surface area contributed by atoms with Crippen molar-refractivity contribution in [2.75, 3.05) is 25.0 Å². The monoisotopic (exact) mass is 304 g/mol. The normalized spacial score (nSPS) is 10.2. The van der Waals surface area contributed by atoms with E-state index in [0.717, 1.165) is 13.0 Å². The van der Waals surface area contributed by atoms with Gasteiger partial charge in [-0.3, -0.25) is 4.79 Å². The molecule has 4 nitrogen and oxygen atoms in total. The molecule has 0 unspecified atom stereocenters. The summed E-state index contributed by atoms with van der Waals surface area (Å²) in [5.41, 5.74) is 0.694. The molecular weight excluding hydrogens is 276 g/mol. The fraction of sp³-hybridized carbons (Fsp3) is 0.500. The quantitative estimate of drug-likeness (QED) is 0.457. The van der Waals surface area contributed by atoms with Gasteiger partial charge in [0.2, 0.25) is 5.91 Å². The van der Waals surface area contributed by atoms with Crippen LogP contribution in [0, 0.1) is 0 Å². The first-order chi connectivity index (χ1) is 10.8. The van der Waals surface area contributed by atoms with Gasteiger partial charge in [0.25, 0.3) is 0 Å². The Bertz CT molecular complexity index is 446. The zero-order valence-electron chi connectivity index (χ0n) is 13.6. The minimum Gasteiger partial charge on any atom is -0.487 e. The van der Waals surface area contributed by atoms with Crippen LogP contribution in [0.5, 0.6) is 5.75 Å². The first-order valence-electron chi connectivity index (χ1n) is 8.11. The van der Waals surface area contributed by atoms with Crippen LogP contribution in [-0.4, -0.2) is 25.6 Å². The summed E-state index contributed by atoms with van der Waals surface area (Å²) in [6.45, 7) is 7.45. The van der Waals surface area contributed by atoms with Crippen LogP contribution < -0.4 is 15.4 Å². The Morgan fingerprint density at radius 3 is 2.77 bits per heavy atom. The molecule has 0 heterocycles. The number of para-hydroxylation sites is 2. The molecule has 2 N–H and O–H groups in total. The van der Waals surface area contributed by atoms with Crippen LogP contribution >= 0.6 is 0 Å².